The number of carbonyl (C=O) groups excluding carboxylic acids is 1. The number of carbonyl (C=O) groups is 1. The van der Waals surface area contributed by atoms with Crippen molar-refractivity contribution in [3.8, 4) is 5.75 Å². The number of nitrogens with zero attached hydrogens (tertiary/aromatic N) is 1. The van der Waals surface area contributed by atoms with Gasteiger partial charge in [0.15, 0.2) is 0 Å². The molecule has 27 heavy (non-hydrogen) atoms. The fourth-order valence-corrected chi connectivity index (χ4v) is 3.41. The van der Waals surface area contributed by atoms with Gasteiger partial charge in [-0.2, -0.15) is 0 Å². The summed E-state index contributed by atoms with van der Waals surface area (Å²) in [5.74, 6) is 1.05. The van der Waals surface area contributed by atoms with Crippen LogP contribution in [0.2, 0.25) is 0 Å². The van der Waals surface area contributed by atoms with E-state index in [1.54, 1.807) is 0 Å². The first-order chi connectivity index (χ1) is 12.8. The predicted molar refractivity (Wildman–Crippen MR) is 110 cm³/mol. The van der Waals surface area contributed by atoms with Crippen LogP contribution in [0.15, 0.2) is 42.5 Å². The van der Waals surface area contributed by atoms with Crippen molar-refractivity contribution in [2.24, 2.45) is 0 Å². The number of hydrogen-bond acceptors (Lipinski definition) is 3. The Hall–Kier alpha value is -2.49. The van der Waals surface area contributed by atoms with E-state index >= 15 is 0 Å². The average Bonchev–Trinajstić information content (AvgIpc) is 2.64. The maximum Gasteiger partial charge on any atom is 0.223 e. The zero-order chi connectivity index (χ0) is 19.4. The Bertz CT molecular complexity index is 791. The Morgan fingerprint density at radius 2 is 1.85 bits per heavy atom. The lowest BCUT2D eigenvalue weighted by atomic mass is 9.87. The predicted octanol–water partition coefficient (Wildman–Crippen LogP) is 4.31. The van der Waals surface area contributed by atoms with E-state index < -0.39 is 0 Å². The minimum atomic E-state index is 0.142. The lowest BCUT2D eigenvalue weighted by Gasteiger charge is -2.29. The summed E-state index contributed by atoms with van der Waals surface area (Å²) in [4.78, 5) is 14.4. The van der Waals surface area contributed by atoms with Gasteiger partial charge in [-0.3, -0.25) is 4.79 Å². The standard InChI is InChI=1S/C23H30N2O2/c1-23(2,3)19-7-10-21(11-8-19)27-14-4-5-22(26)25-13-12-17-6-9-20(24)15-18(17)16-25/h6-11,15H,4-5,12-14,16,24H2,1-3H3. The number of anilines is 1. The van der Waals surface area contributed by atoms with Gasteiger partial charge in [-0.1, -0.05) is 39.0 Å². The van der Waals surface area contributed by atoms with Crippen LogP contribution < -0.4 is 10.5 Å². The average molecular weight is 367 g/mol. The number of fused-ring (bicyclic) bond motifs is 1. The number of benzene rings is 2. The molecule has 1 aliphatic heterocycles. The number of nitrogen functional groups attached to an aromatic ring is 1. The molecule has 0 atom stereocenters. The molecular formula is C23H30N2O2. The third kappa shape index (κ3) is 5.03. The molecule has 4 heteroatoms. The van der Waals surface area contributed by atoms with Gasteiger partial charge in [0, 0.05) is 25.2 Å². The SMILES string of the molecule is CC(C)(C)c1ccc(OCCCC(=O)N2CCc3ccc(N)cc3C2)cc1. The Morgan fingerprint density at radius 1 is 1.11 bits per heavy atom. The maximum atomic E-state index is 12.5. The highest BCUT2D eigenvalue weighted by molar-refractivity contribution is 5.76. The molecule has 1 aliphatic rings. The zero-order valence-electron chi connectivity index (χ0n) is 16.6. The van der Waals surface area contributed by atoms with Gasteiger partial charge in [-0.25, -0.2) is 0 Å². The number of hydrogen-bond donors (Lipinski definition) is 1. The van der Waals surface area contributed by atoms with E-state index in [1.165, 1.54) is 16.7 Å². The first kappa shape index (κ1) is 19.3. The van der Waals surface area contributed by atoms with Crippen molar-refractivity contribution < 1.29 is 9.53 Å². The van der Waals surface area contributed by atoms with Crippen molar-refractivity contribution in [2.45, 2.75) is 52.0 Å². The summed E-state index contributed by atoms with van der Waals surface area (Å²) in [6.07, 6.45) is 2.13. The number of rotatable bonds is 5. The number of amides is 1. The largest absolute Gasteiger partial charge is 0.494 e. The van der Waals surface area contributed by atoms with E-state index in [2.05, 4.69) is 39.0 Å². The molecule has 2 N–H and O–H groups in total. The van der Waals surface area contributed by atoms with Crippen molar-refractivity contribution >= 4 is 11.6 Å². The highest BCUT2D eigenvalue weighted by Crippen LogP contribution is 2.25. The summed E-state index contributed by atoms with van der Waals surface area (Å²) in [5, 5.41) is 0. The summed E-state index contributed by atoms with van der Waals surface area (Å²) in [6.45, 7) is 8.59. The van der Waals surface area contributed by atoms with Gasteiger partial charge in [0.05, 0.1) is 6.61 Å². The van der Waals surface area contributed by atoms with Crippen molar-refractivity contribution in [3.63, 3.8) is 0 Å². The molecule has 0 aromatic heterocycles. The smallest absolute Gasteiger partial charge is 0.223 e. The molecule has 2 aromatic carbocycles. The first-order valence-electron chi connectivity index (χ1n) is 9.71. The normalized spacial score (nSPS) is 14.0. The van der Waals surface area contributed by atoms with Gasteiger partial charge in [0.1, 0.15) is 5.75 Å². The summed E-state index contributed by atoms with van der Waals surface area (Å²) in [7, 11) is 0. The molecule has 4 nitrogen and oxygen atoms in total. The van der Waals surface area contributed by atoms with Crippen LogP contribution in [0, 0.1) is 0 Å². The third-order valence-electron chi connectivity index (χ3n) is 5.12. The highest BCUT2D eigenvalue weighted by atomic mass is 16.5. The molecule has 0 unspecified atom stereocenters. The molecule has 2 aromatic rings. The van der Waals surface area contributed by atoms with Crippen LogP contribution in [-0.4, -0.2) is 24.0 Å². The van der Waals surface area contributed by atoms with Gasteiger partial charge in [-0.05, 0) is 59.2 Å². The van der Waals surface area contributed by atoms with Gasteiger partial charge in [0.25, 0.3) is 0 Å². The Morgan fingerprint density at radius 3 is 2.56 bits per heavy atom. The summed E-state index contributed by atoms with van der Waals surface area (Å²) in [6, 6.07) is 14.2. The molecule has 0 saturated heterocycles. The number of ether oxygens (including phenoxy) is 1. The topological polar surface area (TPSA) is 55.6 Å². The maximum absolute atomic E-state index is 12.5. The molecule has 0 fully saturated rings. The zero-order valence-corrected chi connectivity index (χ0v) is 16.6. The summed E-state index contributed by atoms with van der Waals surface area (Å²) < 4.78 is 5.80. The third-order valence-corrected chi connectivity index (χ3v) is 5.12. The highest BCUT2D eigenvalue weighted by Gasteiger charge is 2.20. The van der Waals surface area contributed by atoms with Gasteiger partial charge >= 0.3 is 0 Å². The second kappa shape index (κ2) is 8.03. The molecule has 0 aliphatic carbocycles. The fourth-order valence-electron chi connectivity index (χ4n) is 3.41. The molecule has 1 heterocycles. The Balaban J connectivity index is 1.44. The van der Waals surface area contributed by atoms with E-state index in [1.807, 2.05) is 29.2 Å². The van der Waals surface area contributed by atoms with Crippen LogP contribution in [-0.2, 0) is 23.2 Å². The Kier molecular flexibility index (Phi) is 5.73. The molecule has 144 valence electrons. The molecule has 0 radical (unpaired) electrons. The molecule has 0 spiro atoms. The number of nitrogens with two attached hydrogens (primary N) is 1. The van der Waals surface area contributed by atoms with Crippen LogP contribution >= 0.6 is 0 Å². The van der Waals surface area contributed by atoms with Gasteiger partial charge in [0.2, 0.25) is 5.91 Å². The molecule has 3 rings (SSSR count). The van der Waals surface area contributed by atoms with Crippen molar-refractivity contribution in [2.75, 3.05) is 18.9 Å². The van der Waals surface area contributed by atoms with Crippen molar-refractivity contribution in [3.05, 3.63) is 59.2 Å². The molecule has 0 saturated carbocycles. The lowest BCUT2D eigenvalue weighted by molar-refractivity contribution is -0.132. The monoisotopic (exact) mass is 366 g/mol. The minimum absolute atomic E-state index is 0.142. The molecule has 1 amide bonds. The molecular weight excluding hydrogens is 336 g/mol. The minimum Gasteiger partial charge on any atom is -0.494 e. The van der Waals surface area contributed by atoms with Crippen LogP contribution in [0.3, 0.4) is 0 Å². The second-order valence-corrected chi connectivity index (χ2v) is 8.32. The van der Waals surface area contributed by atoms with Crippen LogP contribution in [0.5, 0.6) is 5.75 Å². The van der Waals surface area contributed by atoms with E-state index in [0.717, 1.165) is 30.8 Å². The lowest BCUT2D eigenvalue weighted by Crippen LogP contribution is -2.36. The second-order valence-electron chi connectivity index (χ2n) is 8.32. The van der Waals surface area contributed by atoms with E-state index in [-0.39, 0.29) is 11.3 Å². The van der Waals surface area contributed by atoms with Crippen LogP contribution in [0.1, 0.15) is 50.3 Å². The van der Waals surface area contributed by atoms with Gasteiger partial charge < -0.3 is 15.4 Å². The summed E-state index contributed by atoms with van der Waals surface area (Å²) >= 11 is 0. The van der Waals surface area contributed by atoms with E-state index in [0.29, 0.717) is 19.6 Å². The van der Waals surface area contributed by atoms with Crippen molar-refractivity contribution in [1.82, 2.24) is 4.90 Å². The Labute approximate surface area is 162 Å². The molecule has 0 bridgehead atoms. The van der Waals surface area contributed by atoms with E-state index in [4.69, 9.17) is 10.5 Å². The summed E-state index contributed by atoms with van der Waals surface area (Å²) in [5.41, 5.74) is 10.5. The first-order valence-corrected chi connectivity index (χ1v) is 9.71. The quantitative estimate of drug-likeness (QED) is 0.634. The van der Waals surface area contributed by atoms with Crippen molar-refractivity contribution in [1.29, 1.82) is 0 Å². The van der Waals surface area contributed by atoms with Gasteiger partial charge in [-0.15, -0.1) is 0 Å². The van der Waals surface area contributed by atoms with Crippen LogP contribution in [0.25, 0.3) is 0 Å². The fraction of sp³-hybridized carbons (Fsp3) is 0.435. The van der Waals surface area contributed by atoms with E-state index in [9.17, 15) is 4.79 Å². The van der Waals surface area contributed by atoms with Crippen LogP contribution in [0.4, 0.5) is 5.69 Å².